The van der Waals surface area contributed by atoms with Crippen LogP contribution in [0.5, 0.6) is 11.5 Å². The van der Waals surface area contributed by atoms with Crippen LogP contribution in [0.15, 0.2) is 53.6 Å². The predicted octanol–water partition coefficient (Wildman–Crippen LogP) is 5.26. The zero-order valence-corrected chi connectivity index (χ0v) is 23.7. The Balaban J connectivity index is 1.42. The lowest BCUT2D eigenvalue weighted by atomic mass is 10.1. The minimum Gasteiger partial charge on any atom is -0.493 e. The quantitative estimate of drug-likeness (QED) is 0.121. The standard InChI is InChI=1S/C30H33N3O6S/c1-4-38-30(36)26-22-13-9-6-10-14-25(22)40-29(26)31-27(34)28(35)33-32-19(2)21-15-16-23(24(17-21)37-3)39-18-20-11-7-5-8-12-20/h5,7-8,11-12,15-17H,4,6,9-10,13-14,18H2,1-3H3,(H,31,34)(H,33,35). The van der Waals surface area contributed by atoms with Crippen molar-refractivity contribution in [3.63, 3.8) is 0 Å². The molecule has 0 saturated carbocycles. The molecular formula is C30H33N3O6S. The summed E-state index contributed by atoms with van der Waals surface area (Å²) in [5, 5.41) is 7.03. The number of amides is 2. The average molecular weight is 564 g/mol. The summed E-state index contributed by atoms with van der Waals surface area (Å²) in [5.41, 5.74) is 5.73. The lowest BCUT2D eigenvalue weighted by Gasteiger charge is -2.12. The van der Waals surface area contributed by atoms with Crippen LogP contribution in [0.2, 0.25) is 0 Å². The molecule has 0 unspecified atom stereocenters. The van der Waals surface area contributed by atoms with Crippen molar-refractivity contribution in [2.75, 3.05) is 19.0 Å². The highest BCUT2D eigenvalue weighted by Gasteiger charge is 2.28. The normalized spacial score (nSPS) is 13.0. The summed E-state index contributed by atoms with van der Waals surface area (Å²) >= 11 is 1.33. The number of aryl methyl sites for hydroxylation is 1. The number of carbonyl (C=O) groups excluding carboxylic acids is 3. The highest BCUT2D eigenvalue weighted by atomic mass is 32.1. The maximum absolute atomic E-state index is 12.7. The lowest BCUT2D eigenvalue weighted by molar-refractivity contribution is -0.136. The number of nitrogens with one attached hydrogen (secondary N) is 2. The molecule has 1 aromatic heterocycles. The van der Waals surface area contributed by atoms with Gasteiger partial charge in [0.25, 0.3) is 0 Å². The van der Waals surface area contributed by atoms with Gasteiger partial charge in [0.15, 0.2) is 11.5 Å². The number of anilines is 1. The van der Waals surface area contributed by atoms with E-state index in [1.54, 1.807) is 39.2 Å². The van der Waals surface area contributed by atoms with Gasteiger partial charge in [0, 0.05) is 10.4 Å². The summed E-state index contributed by atoms with van der Waals surface area (Å²) in [5.74, 6) is -1.28. The maximum Gasteiger partial charge on any atom is 0.341 e. The van der Waals surface area contributed by atoms with Crippen molar-refractivity contribution < 1.29 is 28.6 Å². The third-order valence-electron chi connectivity index (χ3n) is 6.48. The molecule has 0 atom stereocenters. The fraction of sp³-hybridized carbons (Fsp3) is 0.333. The number of ether oxygens (including phenoxy) is 3. The van der Waals surface area contributed by atoms with Gasteiger partial charge in [0.2, 0.25) is 0 Å². The van der Waals surface area contributed by atoms with Gasteiger partial charge in [0.05, 0.1) is 25.0 Å². The number of methoxy groups -OCH3 is 1. The van der Waals surface area contributed by atoms with Crippen molar-refractivity contribution in [2.24, 2.45) is 5.10 Å². The first-order valence-corrected chi connectivity index (χ1v) is 14.0. The fourth-order valence-corrected chi connectivity index (χ4v) is 5.68. The summed E-state index contributed by atoms with van der Waals surface area (Å²) in [6.45, 7) is 4.04. The van der Waals surface area contributed by atoms with Gasteiger partial charge in [-0.05, 0) is 68.9 Å². The van der Waals surface area contributed by atoms with Crippen molar-refractivity contribution >= 4 is 39.8 Å². The van der Waals surface area contributed by atoms with E-state index in [0.29, 0.717) is 39.9 Å². The van der Waals surface area contributed by atoms with Gasteiger partial charge in [-0.1, -0.05) is 36.8 Å². The molecule has 1 aliphatic rings. The molecule has 0 saturated heterocycles. The summed E-state index contributed by atoms with van der Waals surface area (Å²) in [7, 11) is 1.54. The van der Waals surface area contributed by atoms with Gasteiger partial charge in [-0.2, -0.15) is 5.10 Å². The van der Waals surface area contributed by atoms with Crippen molar-refractivity contribution in [2.45, 2.75) is 52.6 Å². The van der Waals surface area contributed by atoms with Crippen LogP contribution in [0.25, 0.3) is 0 Å². The molecule has 0 bridgehead atoms. The summed E-state index contributed by atoms with van der Waals surface area (Å²) in [6, 6.07) is 15.1. The van der Waals surface area contributed by atoms with E-state index >= 15 is 0 Å². The van der Waals surface area contributed by atoms with Crippen molar-refractivity contribution in [1.82, 2.24) is 5.43 Å². The van der Waals surface area contributed by atoms with Gasteiger partial charge in [-0.15, -0.1) is 11.3 Å². The van der Waals surface area contributed by atoms with Gasteiger partial charge in [0.1, 0.15) is 11.6 Å². The molecule has 3 aromatic rings. The maximum atomic E-state index is 12.7. The molecule has 0 fully saturated rings. The Morgan fingerprint density at radius 2 is 1.75 bits per heavy atom. The zero-order valence-electron chi connectivity index (χ0n) is 22.9. The van der Waals surface area contributed by atoms with Gasteiger partial charge < -0.3 is 19.5 Å². The molecule has 4 rings (SSSR count). The second-order valence-corrected chi connectivity index (χ2v) is 10.3. The van der Waals surface area contributed by atoms with E-state index in [1.807, 2.05) is 30.3 Å². The Hall–Kier alpha value is -4.18. The van der Waals surface area contributed by atoms with Crippen molar-refractivity contribution in [3.8, 4) is 11.5 Å². The number of fused-ring (bicyclic) bond motifs is 1. The number of thiophene rings is 1. The highest BCUT2D eigenvalue weighted by Crippen LogP contribution is 2.38. The summed E-state index contributed by atoms with van der Waals surface area (Å²) in [6.07, 6.45) is 4.63. The Bertz CT molecular complexity index is 1400. The van der Waals surface area contributed by atoms with E-state index in [1.165, 1.54) is 11.3 Å². The van der Waals surface area contributed by atoms with Crippen LogP contribution in [0, 0.1) is 0 Å². The molecule has 1 aliphatic carbocycles. The third kappa shape index (κ3) is 7.06. The molecule has 210 valence electrons. The van der Waals surface area contributed by atoms with Crippen molar-refractivity contribution in [3.05, 3.63) is 75.7 Å². The van der Waals surface area contributed by atoms with Crippen LogP contribution < -0.4 is 20.2 Å². The summed E-state index contributed by atoms with van der Waals surface area (Å²) in [4.78, 5) is 39.1. The topological polar surface area (TPSA) is 115 Å². The van der Waals surface area contributed by atoms with Crippen LogP contribution >= 0.6 is 11.3 Å². The molecule has 10 heteroatoms. The minimum atomic E-state index is -0.951. The molecule has 9 nitrogen and oxygen atoms in total. The minimum absolute atomic E-state index is 0.218. The average Bonchev–Trinajstić information content (AvgIpc) is 3.14. The first kappa shape index (κ1) is 28.8. The van der Waals surface area contributed by atoms with Gasteiger partial charge >= 0.3 is 17.8 Å². The van der Waals surface area contributed by atoms with E-state index in [0.717, 1.165) is 48.1 Å². The monoisotopic (exact) mass is 563 g/mol. The first-order chi connectivity index (χ1) is 19.4. The lowest BCUT2D eigenvalue weighted by Crippen LogP contribution is -2.33. The fourth-order valence-electron chi connectivity index (χ4n) is 4.41. The predicted molar refractivity (Wildman–Crippen MR) is 154 cm³/mol. The molecule has 0 radical (unpaired) electrons. The number of hydrazone groups is 1. The van der Waals surface area contributed by atoms with E-state index in [2.05, 4.69) is 15.8 Å². The molecule has 2 amide bonds. The Labute approximate surface area is 237 Å². The summed E-state index contributed by atoms with van der Waals surface area (Å²) < 4.78 is 16.6. The number of carbonyl (C=O) groups is 3. The number of rotatable bonds is 9. The molecular weight excluding hydrogens is 530 g/mol. The Morgan fingerprint density at radius 1 is 0.975 bits per heavy atom. The van der Waals surface area contributed by atoms with Crippen LogP contribution in [0.1, 0.15) is 65.0 Å². The van der Waals surface area contributed by atoms with Gasteiger partial charge in [-0.3, -0.25) is 9.59 Å². The second kappa shape index (κ2) is 13.7. The molecule has 40 heavy (non-hydrogen) atoms. The van der Waals surface area contributed by atoms with E-state index in [-0.39, 0.29) is 6.61 Å². The third-order valence-corrected chi connectivity index (χ3v) is 7.69. The highest BCUT2D eigenvalue weighted by molar-refractivity contribution is 7.17. The number of nitrogens with zero attached hydrogens (tertiary/aromatic N) is 1. The smallest absolute Gasteiger partial charge is 0.341 e. The zero-order chi connectivity index (χ0) is 28.5. The van der Waals surface area contributed by atoms with Crippen LogP contribution in [0.3, 0.4) is 0 Å². The molecule has 0 aliphatic heterocycles. The van der Waals surface area contributed by atoms with E-state index in [4.69, 9.17) is 14.2 Å². The van der Waals surface area contributed by atoms with Crippen molar-refractivity contribution in [1.29, 1.82) is 0 Å². The number of esters is 1. The van der Waals surface area contributed by atoms with Crippen LogP contribution in [0.4, 0.5) is 5.00 Å². The van der Waals surface area contributed by atoms with Crippen LogP contribution in [-0.2, 0) is 33.8 Å². The van der Waals surface area contributed by atoms with Crippen LogP contribution in [-0.4, -0.2) is 37.2 Å². The Morgan fingerprint density at radius 3 is 2.50 bits per heavy atom. The second-order valence-electron chi connectivity index (χ2n) is 9.22. The number of hydrogen-bond acceptors (Lipinski definition) is 8. The largest absolute Gasteiger partial charge is 0.493 e. The SMILES string of the molecule is CCOC(=O)c1c(NC(=O)C(=O)NN=C(C)c2ccc(OCc3ccccc3)c(OC)c2)sc2c1CCCCC2. The molecule has 2 N–H and O–H groups in total. The van der Waals surface area contributed by atoms with E-state index < -0.39 is 17.8 Å². The van der Waals surface area contributed by atoms with E-state index in [9.17, 15) is 14.4 Å². The van der Waals surface area contributed by atoms with Gasteiger partial charge in [-0.25, -0.2) is 10.2 Å². The molecule has 2 aromatic carbocycles. The molecule has 1 heterocycles. The number of benzene rings is 2. The Kier molecular flexibility index (Phi) is 9.91. The first-order valence-electron chi connectivity index (χ1n) is 13.2. The number of hydrogen-bond donors (Lipinski definition) is 2. The molecule has 0 spiro atoms.